The maximum atomic E-state index is 13.0. The van der Waals surface area contributed by atoms with Crippen molar-refractivity contribution in [1.82, 2.24) is 24.7 Å². The second-order valence-electron chi connectivity index (χ2n) is 7.05. The number of carbonyl (C=O) groups excluding carboxylic acids is 1. The maximum Gasteiger partial charge on any atom is 0.453 e. The molecule has 10 heteroatoms. The molecule has 29 heavy (non-hydrogen) atoms. The molecule has 7 nitrogen and oxygen atoms in total. The van der Waals surface area contributed by atoms with Crippen LogP contribution in [0.4, 0.5) is 19.0 Å². The monoisotopic (exact) mass is 404 g/mol. The normalized spacial score (nSPS) is 17.1. The van der Waals surface area contributed by atoms with Gasteiger partial charge in [0.2, 0.25) is 5.91 Å². The number of nitrogens with one attached hydrogen (secondary N) is 1. The zero-order valence-corrected chi connectivity index (χ0v) is 15.4. The van der Waals surface area contributed by atoms with E-state index in [1.54, 1.807) is 6.07 Å². The summed E-state index contributed by atoms with van der Waals surface area (Å²) in [6, 6.07) is 12.6. The van der Waals surface area contributed by atoms with Crippen LogP contribution >= 0.6 is 0 Å². The molecule has 0 bridgehead atoms. The van der Waals surface area contributed by atoms with Crippen LogP contribution in [-0.4, -0.2) is 50.3 Å². The highest BCUT2D eigenvalue weighted by Crippen LogP contribution is 2.27. The number of carbonyl (C=O) groups is 1. The number of halogens is 3. The summed E-state index contributed by atoms with van der Waals surface area (Å²) in [4.78, 5) is 14.3. The summed E-state index contributed by atoms with van der Waals surface area (Å²) in [7, 11) is 0. The predicted molar refractivity (Wildman–Crippen MR) is 99.1 cm³/mol. The molecule has 0 aliphatic carbocycles. The Bertz CT molecular complexity index is 1000. The first-order valence-electron chi connectivity index (χ1n) is 9.25. The second kappa shape index (κ2) is 7.69. The molecule has 1 fully saturated rings. The van der Waals surface area contributed by atoms with Crippen molar-refractivity contribution in [2.45, 2.75) is 19.0 Å². The Hall–Kier alpha value is -3.17. The lowest BCUT2D eigenvalue weighted by Crippen LogP contribution is -2.31. The van der Waals surface area contributed by atoms with E-state index in [-0.39, 0.29) is 17.5 Å². The van der Waals surface area contributed by atoms with Crippen LogP contribution in [0.15, 0.2) is 42.5 Å². The van der Waals surface area contributed by atoms with E-state index in [0.717, 1.165) is 12.0 Å². The van der Waals surface area contributed by atoms with Crippen molar-refractivity contribution in [2.24, 2.45) is 5.92 Å². The van der Waals surface area contributed by atoms with Gasteiger partial charge in [-0.1, -0.05) is 30.3 Å². The molecule has 1 N–H and O–H groups in total. The number of anilines is 1. The van der Waals surface area contributed by atoms with E-state index >= 15 is 0 Å². The Morgan fingerprint density at radius 1 is 1.14 bits per heavy atom. The third-order valence-electron chi connectivity index (χ3n) is 4.92. The fourth-order valence-electron chi connectivity index (χ4n) is 3.42. The van der Waals surface area contributed by atoms with Crippen LogP contribution in [0, 0.1) is 5.92 Å². The number of hydrogen-bond acceptors (Lipinski definition) is 5. The fourth-order valence-corrected chi connectivity index (χ4v) is 3.42. The highest BCUT2D eigenvalue weighted by molar-refractivity contribution is 5.79. The van der Waals surface area contributed by atoms with Gasteiger partial charge in [-0.2, -0.15) is 17.7 Å². The number of nitrogens with zero attached hydrogens (tertiary/aromatic N) is 5. The molecule has 152 valence electrons. The van der Waals surface area contributed by atoms with E-state index in [1.807, 2.05) is 35.2 Å². The number of benzene rings is 1. The van der Waals surface area contributed by atoms with Gasteiger partial charge in [-0.3, -0.25) is 4.79 Å². The van der Waals surface area contributed by atoms with Gasteiger partial charge in [0.1, 0.15) is 5.82 Å². The Morgan fingerprint density at radius 3 is 2.69 bits per heavy atom. The fraction of sp³-hybridized carbons (Fsp3) is 0.368. The second-order valence-corrected chi connectivity index (χ2v) is 7.05. The molecule has 3 heterocycles. The number of hydrogen-bond donors (Lipinski definition) is 1. The van der Waals surface area contributed by atoms with Crippen molar-refractivity contribution in [2.75, 3.05) is 25.0 Å². The summed E-state index contributed by atoms with van der Waals surface area (Å²) in [6.45, 7) is 1.80. The van der Waals surface area contributed by atoms with Crippen molar-refractivity contribution in [3.63, 3.8) is 0 Å². The third-order valence-corrected chi connectivity index (χ3v) is 4.92. The van der Waals surface area contributed by atoms with E-state index in [4.69, 9.17) is 0 Å². The highest BCUT2D eigenvalue weighted by atomic mass is 19.4. The van der Waals surface area contributed by atoms with Gasteiger partial charge in [-0.05, 0) is 30.0 Å². The first kappa shape index (κ1) is 19.2. The van der Waals surface area contributed by atoms with Crippen LogP contribution in [0.1, 0.15) is 17.8 Å². The summed E-state index contributed by atoms with van der Waals surface area (Å²) in [6.07, 6.45) is -3.43. The molecular formula is C19H19F3N6O. The average molecular weight is 404 g/mol. The summed E-state index contributed by atoms with van der Waals surface area (Å²) >= 11 is 0. The number of aromatic nitrogens is 4. The van der Waals surface area contributed by atoms with E-state index < -0.39 is 12.0 Å². The molecule has 1 atom stereocenters. The van der Waals surface area contributed by atoms with Gasteiger partial charge < -0.3 is 10.2 Å². The number of fused-ring (bicyclic) bond motifs is 1. The van der Waals surface area contributed by atoms with Gasteiger partial charge in [0.25, 0.3) is 5.82 Å². The van der Waals surface area contributed by atoms with Gasteiger partial charge in [0.05, 0.1) is 6.42 Å². The molecular weight excluding hydrogens is 385 g/mol. The molecule has 1 unspecified atom stereocenters. The zero-order valence-electron chi connectivity index (χ0n) is 15.4. The lowest BCUT2D eigenvalue weighted by Gasteiger charge is -2.17. The molecule has 0 radical (unpaired) electrons. The Morgan fingerprint density at radius 2 is 1.93 bits per heavy atom. The van der Waals surface area contributed by atoms with Crippen molar-refractivity contribution in [1.29, 1.82) is 0 Å². The van der Waals surface area contributed by atoms with Gasteiger partial charge >= 0.3 is 6.18 Å². The van der Waals surface area contributed by atoms with E-state index in [2.05, 4.69) is 20.6 Å². The van der Waals surface area contributed by atoms with Crippen LogP contribution in [0.3, 0.4) is 0 Å². The standard InChI is InChI=1S/C19H19F3N6O/c20-19(21,22)18-25-24-16-7-6-15(26-28(16)18)23-11-14-8-9-27(12-14)17(29)10-13-4-2-1-3-5-13/h1-7,14H,8-12H2,(H,23,26). The minimum absolute atomic E-state index is 0.0291. The Balaban J connectivity index is 1.34. The molecule has 1 amide bonds. The first-order valence-corrected chi connectivity index (χ1v) is 9.25. The summed E-state index contributed by atoms with van der Waals surface area (Å²) < 4.78 is 39.6. The SMILES string of the molecule is O=C(Cc1ccccc1)N1CCC(CNc2ccc3nnc(C(F)(F)F)n3n2)C1. The predicted octanol–water partition coefficient (Wildman–Crippen LogP) is 2.65. The topological polar surface area (TPSA) is 75.4 Å². The van der Waals surface area contributed by atoms with E-state index in [0.29, 0.717) is 36.4 Å². The van der Waals surface area contributed by atoms with Crippen molar-refractivity contribution < 1.29 is 18.0 Å². The molecule has 1 aliphatic heterocycles. The van der Waals surface area contributed by atoms with Crippen LogP contribution < -0.4 is 5.32 Å². The first-order chi connectivity index (χ1) is 13.9. The maximum absolute atomic E-state index is 13.0. The van der Waals surface area contributed by atoms with Crippen molar-refractivity contribution in [3.8, 4) is 0 Å². The molecule has 1 saturated heterocycles. The molecule has 3 aromatic rings. The molecule has 2 aromatic heterocycles. The van der Waals surface area contributed by atoms with Crippen LogP contribution in [-0.2, 0) is 17.4 Å². The largest absolute Gasteiger partial charge is 0.453 e. The highest BCUT2D eigenvalue weighted by Gasteiger charge is 2.37. The smallest absolute Gasteiger partial charge is 0.368 e. The Labute approximate surface area is 164 Å². The van der Waals surface area contributed by atoms with Gasteiger partial charge in [0, 0.05) is 19.6 Å². The summed E-state index contributed by atoms with van der Waals surface area (Å²) in [5.74, 6) is -0.570. The summed E-state index contributed by atoms with van der Waals surface area (Å²) in [5.41, 5.74) is 1.01. The number of rotatable bonds is 5. The number of alkyl halides is 3. The lowest BCUT2D eigenvalue weighted by atomic mass is 10.1. The molecule has 1 aromatic carbocycles. The molecule has 1 aliphatic rings. The molecule has 0 spiro atoms. The number of likely N-dealkylation sites (tertiary alicyclic amines) is 1. The average Bonchev–Trinajstić information content (AvgIpc) is 3.33. The van der Waals surface area contributed by atoms with Crippen LogP contribution in [0.25, 0.3) is 5.65 Å². The summed E-state index contributed by atoms with van der Waals surface area (Å²) in [5, 5.41) is 13.7. The number of amides is 1. The molecule has 0 saturated carbocycles. The zero-order chi connectivity index (χ0) is 20.4. The van der Waals surface area contributed by atoms with Crippen molar-refractivity contribution >= 4 is 17.4 Å². The van der Waals surface area contributed by atoms with Crippen LogP contribution in [0.2, 0.25) is 0 Å². The van der Waals surface area contributed by atoms with Gasteiger partial charge in [-0.25, -0.2) is 0 Å². The van der Waals surface area contributed by atoms with Crippen molar-refractivity contribution in [3.05, 3.63) is 53.9 Å². The van der Waals surface area contributed by atoms with Gasteiger partial charge in [0.15, 0.2) is 5.65 Å². The van der Waals surface area contributed by atoms with E-state index in [1.165, 1.54) is 6.07 Å². The minimum atomic E-state index is -4.63. The Kier molecular flexibility index (Phi) is 5.08. The van der Waals surface area contributed by atoms with Crippen LogP contribution in [0.5, 0.6) is 0 Å². The van der Waals surface area contributed by atoms with E-state index in [9.17, 15) is 18.0 Å². The lowest BCUT2D eigenvalue weighted by molar-refractivity contribution is -0.146. The third kappa shape index (κ3) is 4.30. The van der Waals surface area contributed by atoms with Gasteiger partial charge in [-0.15, -0.1) is 15.3 Å². The minimum Gasteiger partial charge on any atom is -0.368 e. The molecule has 4 rings (SSSR count). The quantitative estimate of drug-likeness (QED) is 0.708.